The van der Waals surface area contributed by atoms with Crippen molar-refractivity contribution >= 4 is 5.91 Å². The summed E-state index contributed by atoms with van der Waals surface area (Å²) >= 11 is 0. The fourth-order valence-electron chi connectivity index (χ4n) is 2.52. The van der Waals surface area contributed by atoms with Crippen molar-refractivity contribution < 1.29 is 37.3 Å². The molecule has 0 spiro atoms. The lowest BCUT2D eigenvalue weighted by Crippen LogP contribution is -2.28. The third-order valence-corrected chi connectivity index (χ3v) is 4.01. The highest BCUT2D eigenvalue weighted by atomic mass is 19.4. The van der Waals surface area contributed by atoms with Crippen LogP contribution in [0.5, 0.6) is 17.2 Å². The van der Waals surface area contributed by atoms with E-state index in [4.69, 9.17) is 14.2 Å². The maximum atomic E-state index is 12.6. The van der Waals surface area contributed by atoms with Gasteiger partial charge in [0.1, 0.15) is 0 Å². The van der Waals surface area contributed by atoms with Crippen LogP contribution in [0.25, 0.3) is 0 Å². The molecule has 28 heavy (non-hydrogen) atoms. The molecule has 0 bridgehead atoms. The Bertz CT molecular complexity index is 796. The minimum Gasteiger partial charge on any atom is -0.493 e. The molecule has 6 nitrogen and oxygen atoms in total. The summed E-state index contributed by atoms with van der Waals surface area (Å²) < 4.78 is 53.3. The first-order valence-corrected chi connectivity index (χ1v) is 8.14. The molecule has 2 aromatic rings. The molecule has 0 unspecified atom stereocenters. The van der Waals surface area contributed by atoms with Gasteiger partial charge >= 0.3 is 6.18 Å². The van der Waals surface area contributed by atoms with Crippen LogP contribution in [-0.2, 0) is 6.18 Å². The first-order chi connectivity index (χ1) is 13.2. The van der Waals surface area contributed by atoms with Gasteiger partial charge in [0.15, 0.2) is 11.5 Å². The van der Waals surface area contributed by atoms with Gasteiger partial charge in [0, 0.05) is 12.1 Å². The van der Waals surface area contributed by atoms with Crippen LogP contribution in [0, 0.1) is 0 Å². The second-order valence-corrected chi connectivity index (χ2v) is 5.76. The summed E-state index contributed by atoms with van der Waals surface area (Å²) in [6.45, 7) is -0.194. The van der Waals surface area contributed by atoms with Crippen LogP contribution in [0.1, 0.15) is 27.6 Å². The molecular weight excluding hydrogens is 379 g/mol. The first-order valence-electron chi connectivity index (χ1n) is 8.14. The van der Waals surface area contributed by atoms with Gasteiger partial charge in [-0.15, -0.1) is 0 Å². The number of benzene rings is 2. The van der Waals surface area contributed by atoms with Crippen molar-refractivity contribution in [3.8, 4) is 17.2 Å². The monoisotopic (exact) mass is 399 g/mol. The van der Waals surface area contributed by atoms with Crippen LogP contribution in [0.4, 0.5) is 13.2 Å². The standard InChI is InChI=1S/C19H20F3NO5/c1-26-15-8-12(9-16(27-2)17(15)28-3)18(25)23-10-14(24)11-4-6-13(7-5-11)19(20,21)22/h4-9,14,24H,10H2,1-3H3,(H,23,25)/t14-/m1/s1. The largest absolute Gasteiger partial charge is 0.493 e. The Kier molecular flexibility index (Phi) is 6.74. The predicted octanol–water partition coefficient (Wildman–Crippen LogP) is 3.19. The maximum absolute atomic E-state index is 12.6. The van der Waals surface area contributed by atoms with Crippen molar-refractivity contribution in [3.05, 3.63) is 53.1 Å². The zero-order valence-corrected chi connectivity index (χ0v) is 15.5. The molecule has 0 heterocycles. The molecule has 2 N–H and O–H groups in total. The molecule has 0 fully saturated rings. The molecule has 0 aromatic heterocycles. The van der Waals surface area contributed by atoms with Gasteiger partial charge in [-0.25, -0.2) is 0 Å². The fourth-order valence-corrected chi connectivity index (χ4v) is 2.52. The van der Waals surface area contributed by atoms with E-state index in [0.29, 0.717) is 5.75 Å². The van der Waals surface area contributed by atoms with E-state index in [1.54, 1.807) is 0 Å². The Morgan fingerprint density at radius 1 is 1.04 bits per heavy atom. The van der Waals surface area contributed by atoms with E-state index in [1.165, 1.54) is 45.6 Å². The second-order valence-electron chi connectivity index (χ2n) is 5.76. The van der Waals surface area contributed by atoms with Crippen LogP contribution in [-0.4, -0.2) is 38.9 Å². The van der Waals surface area contributed by atoms with Crippen molar-refractivity contribution in [2.24, 2.45) is 0 Å². The summed E-state index contributed by atoms with van der Waals surface area (Å²) in [5.41, 5.74) is -0.364. The summed E-state index contributed by atoms with van der Waals surface area (Å²) in [4.78, 5) is 12.4. The number of nitrogens with one attached hydrogen (secondary N) is 1. The molecule has 2 rings (SSSR count). The molecule has 0 saturated heterocycles. The summed E-state index contributed by atoms with van der Waals surface area (Å²) in [5.74, 6) is 0.377. The molecule has 0 aliphatic rings. The number of aliphatic hydroxyl groups excluding tert-OH is 1. The molecule has 152 valence electrons. The minimum atomic E-state index is -4.45. The van der Waals surface area contributed by atoms with Crippen LogP contribution < -0.4 is 19.5 Å². The SMILES string of the molecule is COc1cc(C(=O)NC[C@@H](O)c2ccc(C(F)(F)F)cc2)cc(OC)c1OC. The molecule has 0 aliphatic heterocycles. The van der Waals surface area contributed by atoms with Crippen molar-refractivity contribution in [2.45, 2.75) is 12.3 Å². The Balaban J connectivity index is 2.09. The fraction of sp³-hybridized carbons (Fsp3) is 0.316. The van der Waals surface area contributed by atoms with Gasteiger partial charge in [-0.3, -0.25) is 4.79 Å². The number of hydrogen-bond acceptors (Lipinski definition) is 5. The van der Waals surface area contributed by atoms with E-state index in [0.717, 1.165) is 12.1 Å². The van der Waals surface area contributed by atoms with Crippen LogP contribution in [0.3, 0.4) is 0 Å². The van der Waals surface area contributed by atoms with Gasteiger partial charge in [0.05, 0.1) is 33.0 Å². The van der Waals surface area contributed by atoms with E-state index < -0.39 is 23.8 Å². The lowest BCUT2D eigenvalue weighted by molar-refractivity contribution is -0.137. The number of halogens is 3. The van der Waals surface area contributed by atoms with Gasteiger partial charge in [-0.05, 0) is 29.8 Å². The molecule has 0 radical (unpaired) electrons. The number of ether oxygens (including phenoxy) is 3. The molecule has 1 amide bonds. The van der Waals surface area contributed by atoms with Gasteiger partial charge in [0.2, 0.25) is 5.75 Å². The van der Waals surface area contributed by atoms with E-state index in [-0.39, 0.29) is 29.2 Å². The van der Waals surface area contributed by atoms with Crippen LogP contribution >= 0.6 is 0 Å². The van der Waals surface area contributed by atoms with Crippen LogP contribution in [0.2, 0.25) is 0 Å². The highest BCUT2D eigenvalue weighted by Gasteiger charge is 2.30. The van der Waals surface area contributed by atoms with Gasteiger partial charge < -0.3 is 24.6 Å². The smallest absolute Gasteiger partial charge is 0.416 e. The maximum Gasteiger partial charge on any atom is 0.416 e. The number of alkyl halides is 3. The third kappa shape index (κ3) is 4.86. The van der Waals surface area contributed by atoms with Crippen LogP contribution in [0.15, 0.2) is 36.4 Å². The number of carbonyl (C=O) groups excluding carboxylic acids is 1. The highest BCUT2D eigenvalue weighted by Crippen LogP contribution is 2.38. The zero-order chi connectivity index (χ0) is 20.9. The number of hydrogen-bond donors (Lipinski definition) is 2. The minimum absolute atomic E-state index is 0.194. The van der Waals surface area contributed by atoms with Crippen molar-refractivity contribution in [2.75, 3.05) is 27.9 Å². The molecule has 1 atom stereocenters. The predicted molar refractivity (Wildman–Crippen MR) is 94.8 cm³/mol. The van der Waals surface area contributed by atoms with E-state index >= 15 is 0 Å². The summed E-state index contributed by atoms with van der Waals surface area (Å²) in [6.07, 6.45) is -5.63. The van der Waals surface area contributed by atoms with E-state index in [2.05, 4.69) is 5.32 Å². The number of aliphatic hydroxyl groups is 1. The Morgan fingerprint density at radius 3 is 2.00 bits per heavy atom. The van der Waals surface area contributed by atoms with E-state index in [1.807, 2.05) is 0 Å². The van der Waals surface area contributed by atoms with Gasteiger partial charge in [-0.2, -0.15) is 13.2 Å². The molecule has 0 aliphatic carbocycles. The number of amides is 1. The average molecular weight is 399 g/mol. The summed E-state index contributed by atoms with van der Waals surface area (Å²) in [7, 11) is 4.25. The normalized spacial score (nSPS) is 12.2. The quantitative estimate of drug-likeness (QED) is 0.748. The number of rotatable bonds is 7. The lowest BCUT2D eigenvalue weighted by Gasteiger charge is -2.16. The average Bonchev–Trinajstić information content (AvgIpc) is 2.69. The Labute approximate surface area is 159 Å². The van der Waals surface area contributed by atoms with Crippen molar-refractivity contribution in [3.63, 3.8) is 0 Å². The summed E-state index contributed by atoms with van der Waals surface area (Å²) in [6, 6.07) is 6.97. The van der Waals surface area contributed by atoms with Gasteiger partial charge in [0.25, 0.3) is 5.91 Å². The molecule has 2 aromatic carbocycles. The molecule has 0 saturated carbocycles. The highest BCUT2D eigenvalue weighted by molar-refractivity contribution is 5.95. The zero-order valence-electron chi connectivity index (χ0n) is 15.5. The Hall–Kier alpha value is -2.94. The third-order valence-electron chi connectivity index (χ3n) is 4.01. The topological polar surface area (TPSA) is 77.0 Å². The molecular formula is C19H20F3NO5. The molecule has 9 heteroatoms. The van der Waals surface area contributed by atoms with Crippen molar-refractivity contribution in [1.82, 2.24) is 5.32 Å². The van der Waals surface area contributed by atoms with Crippen molar-refractivity contribution in [1.29, 1.82) is 0 Å². The number of methoxy groups -OCH3 is 3. The lowest BCUT2D eigenvalue weighted by atomic mass is 10.1. The number of carbonyl (C=O) groups is 1. The van der Waals surface area contributed by atoms with Gasteiger partial charge in [-0.1, -0.05) is 12.1 Å². The summed E-state index contributed by atoms with van der Waals surface area (Å²) in [5, 5.41) is 12.6. The first kappa shape index (κ1) is 21.4. The van der Waals surface area contributed by atoms with E-state index in [9.17, 15) is 23.1 Å². The Morgan fingerprint density at radius 2 is 1.57 bits per heavy atom. The second kappa shape index (κ2) is 8.83.